The number of hydrogen-bond acceptors (Lipinski definition) is 3. The van der Waals surface area contributed by atoms with Crippen LogP contribution in [-0.2, 0) is 0 Å². The van der Waals surface area contributed by atoms with Gasteiger partial charge in [-0.2, -0.15) is 0 Å². The Morgan fingerprint density at radius 1 is 0.326 bits per heavy atom. The first-order chi connectivity index (χ1) is 22.8. The molecule has 0 fully saturated rings. The van der Waals surface area contributed by atoms with Gasteiger partial charge < -0.3 is 0 Å². The summed E-state index contributed by atoms with van der Waals surface area (Å²) in [6.07, 6.45) is 3.07. The molecule has 0 unspecified atom stereocenters. The molecule has 3 nitrogen and oxygen atoms in total. The number of benzene rings is 8. The van der Waals surface area contributed by atoms with E-state index in [9.17, 15) is 0 Å². The van der Waals surface area contributed by atoms with Gasteiger partial charge in [-0.25, -0.2) is 15.0 Å². The molecular weight excluding hydrogens is 558 g/mol. The van der Waals surface area contributed by atoms with Gasteiger partial charge in [0.15, 0.2) is 5.82 Å². The Kier molecular flexibility index (Phi) is 5.28. The molecule has 46 heavy (non-hydrogen) atoms. The quantitative estimate of drug-likeness (QED) is 0.208. The minimum absolute atomic E-state index is 0.686. The molecule has 0 saturated carbocycles. The van der Waals surface area contributed by atoms with Crippen molar-refractivity contribution in [3.8, 4) is 55.9 Å². The normalized spacial score (nSPS) is 11.9. The third-order valence-electron chi connectivity index (χ3n) is 9.58. The lowest BCUT2D eigenvalue weighted by Gasteiger charge is -2.12. The van der Waals surface area contributed by atoms with E-state index < -0.39 is 0 Å². The summed E-state index contributed by atoms with van der Waals surface area (Å²) >= 11 is 0. The van der Waals surface area contributed by atoms with Gasteiger partial charge in [0.2, 0.25) is 0 Å². The van der Waals surface area contributed by atoms with Gasteiger partial charge in [0, 0.05) is 5.56 Å². The fraction of sp³-hybridized carbons (Fsp3) is 0. The van der Waals surface area contributed by atoms with E-state index in [1.807, 2.05) is 0 Å². The molecule has 0 spiro atoms. The van der Waals surface area contributed by atoms with Gasteiger partial charge in [-0.15, -0.1) is 0 Å². The molecule has 9 aromatic rings. The van der Waals surface area contributed by atoms with Crippen molar-refractivity contribution in [3.05, 3.63) is 152 Å². The highest BCUT2D eigenvalue weighted by Crippen LogP contribution is 2.50. The Hall–Kier alpha value is -6.19. The highest BCUT2D eigenvalue weighted by Gasteiger charge is 2.23. The number of fused-ring (bicyclic) bond motifs is 6. The van der Waals surface area contributed by atoms with Crippen molar-refractivity contribution in [1.82, 2.24) is 15.0 Å². The molecule has 1 aromatic heterocycles. The molecule has 8 aromatic carbocycles. The second-order valence-corrected chi connectivity index (χ2v) is 12.1. The van der Waals surface area contributed by atoms with E-state index in [1.54, 1.807) is 0 Å². The largest absolute Gasteiger partial charge is 0.225 e. The molecule has 0 atom stereocenters. The molecule has 1 aliphatic rings. The number of nitrogens with zero attached hydrogens (tertiary/aromatic N) is 3. The third kappa shape index (κ3) is 3.82. The first-order valence-electron chi connectivity index (χ1n) is 15.6. The first kappa shape index (κ1) is 25.2. The minimum Gasteiger partial charge on any atom is -0.225 e. The van der Waals surface area contributed by atoms with Crippen LogP contribution in [0.4, 0.5) is 0 Å². The fourth-order valence-electron chi connectivity index (χ4n) is 7.34. The average molecular weight is 584 g/mol. The average Bonchev–Trinajstić information content (AvgIpc) is 3.44. The van der Waals surface area contributed by atoms with Gasteiger partial charge in [0.25, 0.3) is 0 Å². The van der Waals surface area contributed by atoms with E-state index in [0.29, 0.717) is 5.82 Å². The van der Waals surface area contributed by atoms with E-state index in [2.05, 4.69) is 154 Å². The van der Waals surface area contributed by atoms with E-state index in [-0.39, 0.29) is 0 Å². The van der Waals surface area contributed by atoms with Crippen LogP contribution in [0.15, 0.2) is 152 Å². The van der Waals surface area contributed by atoms with Gasteiger partial charge in [-0.3, -0.25) is 0 Å². The molecule has 1 heterocycles. The summed E-state index contributed by atoms with van der Waals surface area (Å²) in [5.41, 5.74) is 11.2. The Balaban J connectivity index is 1.03. The lowest BCUT2D eigenvalue weighted by molar-refractivity contribution is 1.06. The summed E-state index contributed by atoms with van der Waals surface area (Å²) in [4.78, 5) is 12.5. The van der Waals surface area contributed by atoms with E-state index >= 15 is 0 Å². The van der Waals surface area contributed by atoms with Crippen molar-refractivity contribution in [3.63, 3.8) is 0 Å². The minimum atomic E-state index is 0.686. The zero-order chi connectivity index (χ0) is 30.2. The summed E-state index contributed by atoms with van der Waals surface area (Å²) in [5, 5.41) is 10.1. The van der Waals surface area contributed by atoms with Gasteiger partial charge in [0.1, 0.15) is 12.7 Å². The summed E-state index contributed by atoms with van der Waals surface area (Å²) in [6, 6.07) is 51.4. The predicted molar refractivity (Wildman–Crippen MR) is 191 cm³/mol. The first-order valence-corrected chi connectivity index (χ1v) is 15.6. The van der Waals surface area contributed by atoms with E-state index in [4.69, 9.17) is 0 Å². The van der Waals surface area contributed by atoms with Crippen LogP contribution in [0.25, 0.3) is 99.0 Å². The van der Waals surface area contributed by atoms with Crippen LogP contribution in [0.1, 0.15) is 0 Å². The fourth-order valence-corrected chi connectivity index (χ4v) is 7.34. The molecule has 10 rings (SSSR count). The van der Waals surface area contributed by atoms with Crippen molar-refractivity contribution < 1.29 is 0 Å². The molecule has 3 heteroatoms. The predicted octanol–water partition coefficient (Wildman–Crippen LogP) is 11.1. The van der Waals surface area contributed by atoms with Gasteiger partial charge in [-0.05, 0) is 124 Å². The monoisotopic (exact) mass is 583 g/mol. The van der Waals surface area contributed by atoms with Crippen LogP contribution in [0, 0.1) is 0 Å². The van der Waals surface area contributed by atoms with Crippen molar-refractivity contribution in [2.75, 3.05) is 0 Å². The Labute approximate surface area is 265 Å². The summed E-state index contributed by atoms with van der Waals surface area (Å²) < 4.78 is 0. The third-order valence-corrected chi connectivity index (χ3v) is 9.58. The maximum absolute atomic E-state index is 4.30. The van der Waals surface area contributed by atoms with Crippen LogP contribution >= 0.6 is 0 Å². The molecule has 0 bridgehead atoms. The number of hydrogen-bond donors (Lipinski definition) is 0. The van der Waals surface area contributed by atoms with Gasteiger partial charge >= 0.3 is 0 Å². The zero-order valence-electron chi connectivity index (χ0n) is 24.8. The highest BCUT2D eigenvalue weighted by molar-refractivity contribution is 6.20. The molecule has 0 aliphatic heterocycles. The summed E-state index contributed by atoms with van der Waals surface area (Å²) in [7, 11) is 0. The summed E-state index contributed by atoms with van der Waals surface area (Å²) in [5.74, 6) is 0.686. The van der Waals surface area contributed by atoms with Gasteiger partial charge in [0.05, 0.1) is 0 Å². The van der Waals surface area contributed by atoms with E-state index in [0.717, 1.165) is 10.9 Å². The van der Waals surface area contributed by atoms with Crippen molar-refractivity contribution >= 4 is 43.1 Å². The lowest BCUT2D eigenvalue weighted by Crippen LogP contribution is -1.89. The molecule has 212 valence electrons. The second-order valence-electron chi connectivity index (χ2n) is 12.1. The Morgan fingerprint density at radius 2 is 0.826 bits per heavy atom. The maximum atomic E-state index is 4.30. The van der Waals surface area contributed by atoms with Crippen LogP contribution in [0.5, 0.6) is 0 Å². The SMILES string of the molecule is c1ccc2cc3c(cc2c1)-c1cccc2c(-c4ccc5cc(-c6ccc7cc(-c8ncncn8)ccc7c6)ccc5c4)ccc-3c12. The highest BCUT2D eigenvalue weighted by atomic mass is 15.0. The van der Waals surface area contributed by atoms with Crippen molar-refractivity contribution in [2.45, 2.75) is 0 Å². The number of rotatable bonds is 3. The standard InChI is InChI=1S/C43H25N3/c1-2-5-27-23-41-39-17-16-36(37-6-3-7-38(42(37)39)40(41)22-26(27)4-1)34-14-12-30-18-28(8-10-32(30)20-34)29-9-11-33-21-35(15-13-31(33)19-29)43-45-24-44-25-46-43/h1-25H. The summed E-state index contributed by atoms with van der Waals surface area (Å²) in [6.45, 7) is 0. The smallest absolute Gasteiger partial charge is 0.162 e. The topological polar surface area (TPSA) is 38.7 Å². The molecule has 0 amide bonds. The molecule has 0 N–H and O–H groups in total. The van der Waals surface area contributed by atoms with Gasteiger partial charge in [-0.1, -0.05) is 103 Å². The molecule has 1 aliphatic carbocycles. The van der Waals surface area contributed by atoms with Crippen LogP contribution in [0.2, 0.25) is 0 Å². The van der Waals surface area contributed by atoms with Crippen molar-refractivity contribution in [2.24, 2.45) is 0 Å². The lowest BCUT2D eigenvalue weighted by atomic mass is 9.92. The molecular formula is C43H25N3. The molecule has 0 radical (unpaired) electrons. The van der Waals surface area contributed by atoms with Crippen molar-refractivity contribution in [1.29, 1.82) is 0 Å². The zero-order valence-corrected chi connectivity index (χ0v) is 24.8. The van der Waals surface area contributed by atoms with Crippen LogP contribution in [0.3, 0.4) is 0 Å². The Bertz CT molecular complexity index is 2640. The van der Waals surface area contributed by atoms with E-state index in [1.165, 1.54) is 94.9 Å². The maximum Gasteiger partial charge on any atom is 0.162 e. The van der Waals surface area contributed by atoms with Crippen LogP contribution < -0.4 is 0 Å². The Morgan fingerprint density at radius 3 is 1.48 bits per heavy atom. The molecule has 0 saturated heterocycles. The second kappa shape index (κ2) is 9.65. The van der Waals surface area contributed by atoms with Crippen LogP contribution in [-0.4, -0.2) is 15.0 Å². The number of aromatic nitrogens is 3.